The van der Waals surface area contributed by atoms with Crippen molar-refractivity contribution < 1.29 is 13.9 Å². The van der Waals surface area contributed by atoms with Crippen LogP contribution in [0.3, 0.4) is 0 Å². The molecule has 0 aliphatic carbocycles. The van der Waals surface area contributed by atoms with Gasteiger partial charge in [0.05, 0.1) is 7.11 Å². The highest BCUT2D eigenvalue weighted by atomic mass is 16.5. The molecule has 0 N–H and O–H groups in total. The van der Waals surface area contributed by atoms with Gasteiger partial charge in [0.2, 0.25) is 5.91 Å². The van der Waals surface area contributed by atoms with Gasteiger partial charge in [0, 0.05) is 36.2 Å². The first-order valence-corrected chi connectivity index (χ1v) is 8.43. The first-order chi connectivity index (χ1) is 12.5. The van der Waals surface area contributed by atoms with Crippen molar-refractivity contribution in [2.24, 2.45) is 0 Å². The molecule has 0 unspecified atom stereocenters. The van der Waals surface area contributed by atoms with Crippen LogP contribution in [0.5, 0.6) is 5.75 Å². The Hall–Kier alpha value is -3.08. The highest BCUT2D eigenvalue weighted by Gasteiger charge is 2.16. The summed E-state index contributed by atoms with van der Waals surface area (Å²) in [6, 6.07) is 14.8. The minimum absolute atomic E-state index is 0.0511. The zero-order valence-corrected chi connectivity index (χ0v) is 15.1. The average molecular weight is 351 g/mol. The molecule has 0 aliphatic rings. The summed E-state index contributed by atoms with van der Waals surface area (Å²) in [6.07, 6.45) is 0.574. The number of ether oxygens (including phenoxy) is 1. The molecule has 0 spiro atoms. The fraction of sp³-hybridized carbons (Fsp3) is 0.238. The molecule has 3 aromatic rings. The van der Waals surface area contributed by atoms with Crippen LogP contribution in [0, 0.1) is 6.92 Å². The van der Waals surface area contributed by atoms with Crippen LogP contribution in [0.15, 0.2) is 57.7 Å². The van der Waals surface area contributed by atoms with Gasteiger partial charge in [-0.2, -0.15) is 0 Å². The predicted octanol–water partition coefficient (Wildman–Crippen LogP) is 3.71. The molecule has 5 heteroatoms. The molecule has 2 aromatic carbocycles. The Bertz CT molecular complexity index is 992. The van der Waals surface area contributed by atoms with E-state index in [1.54, 1.807) is 25.1 Å². The van der Waals surface area contributed by atoms with Crippen LogP contribution in [0.1, 0.15) is 17.5 Å². The second-order valence-corrected chi connectivity index (χ2v) is 6.14. The minimum atomic E-state index is -0.404. The SMILES string of the molecule is COc1ccc2c(C)c(CCC(=O)N(C)c3ccccc3)c(=O)oc2c1. The van der Waals surface area contributed by atoms with Crippen molar-refractivity contribution in [3.63, 3.8) is 0 Å². The monoisotopic (exact) mass is 351 g/mol. The fourth-order valence-corrected chi connectivity index (χ4v) is 2.99. The largest absolute Gasteiger partial charge is 0.497 e. The summed E-state index contributed by atoms with van der Waals surface area (Å²) in [5.41, 5.74) is 2.29. The molecule has 0 fully saturated rings. The summed E-state index contributed by atoms with van der Waals surface area (Å²) in [5, 5.41) is 0.851. The number of anilines is 1. The van der Waals surface area contributed by atoms with E-state index in [2.05, 4.69) is 0 Å². The van der Waals surface area contributed by atoms with E-state index >= 15 is 0 Å². The van der Waals surface area contributed by atoms with E-state index in [1.807, 2.05) is 49.4 Å². The Morgan fingerprint density at radius 2 is 1.88 bits per heavy atom. The number of benzene rings is 2. The van der Waals surface area contributed by atoms with Gasteiger partial charge in [0.1, 0.15) is 11.3 Å². The first kappa shape index (κ1) is 17.7. The highest BCUT2D eigenvalue weighted by Crippen LogP contribution is 2.24. The molecule has 0 atom stereocenters. The molecule has 0 bridgehead atoms. The Balaban J connectivity index is 1.83. The van der Waals surface area contributed by atoms with E-state index < -0.39 is 5.63 Å². The Morgan fingerprint density at radius 3 is 2.58 bits per heavy atom. The van der Waals surface area contributed by atoms with Gasteiger partial charge in [-0.3, -0.25) is 4.79 Å². The molecule has 0 saturated heterocycles. The maximum atomic E-state index is 12.5. The van der Waals surface area contributed by atoms with Crippen molar-refractivity contribution in [2.75, 3.05) is 19.1 Å². The Kier molecular flexibility index (Phi) is 5.07. The van der Waals surface area contributed by atoms with E-state index in [0.29, 0.717) is 23.3 Å². The zero-order valence-electron chi connectivity index (χ0n) is 15.1. The van der Waals surface area contributed by atoms with Crippen LogP contribution in [-0.4, -0.2) is 20.1 Å². The molecule has 26 heavy (non-hydrogen) atoms. The number of methoxy groups -OCH3 is 1. The van der Waals surface area contributed by atoms with Crippen molar-refractivity contribution >= 4 is 22.6 Å². The third-order valence-corrected chi connectivity index (χ3v) is 4.60. The summed E-state index contributed by atoms with van der Waals surface area (Å²) in [6.45, 7) is 1.88. The maximum absolute atomic E-state index is 12.5. The van der Waals surface area contributed by atoms with E-state index in [4.69, 9.17) is 9.15 Å². The molecule has 134 valence electrons. The minimum Gasteiger partial charge on any atom is -0.497 e. The number of hydrogen-bond acceptors (Lipinski definition) is 4. The van der Waals surface area contributed by atoms with Crippen LogP contribution in [0.2, 0.25) is 0 Å². The molecule has 0 radical (unpaired) electrons. The molecular weight excluding hydrogens is 330 g/mol. The van der Waals surface area contributed by atoms with Crippen LogP contribution in [-0.2, 0) is 11.2 Å². The van der Waals surface area contributed by atoms with E-state index in [9.17, 15) is 9.59 Å². The topological polar surface area (TPSA) is 59.8 Å². The van der Waals surface area contributed by atoms with Crippen LogP contribution < -0.4 is 15.3 Å². The maximum Gasteiger partial charge on any atom is 0.339 e. The van der Waals surface area contributed by atoms with Gasteiger partial charge < -0.3 is 14.1 Å². The molecule has 3 rings (SSSR count). The summed E-state index contributed by atoms with van der Waals surface area (Å²) < 4.78 is 10.6. The van der Waals surface area contributed by atoms with Crippen molar-refractivity contribution in [1.82, 2.24) is 0 Å². The number of aryl methyl sites for hydroxylation is 1. The molecule has 5 nitrogen and oxygen atoms in total. The Labute approximate surface area is 151 Å². The predicted molar refractivity (Wildman–Crippen MR) is 102 cm³/mol. The number of rotatable bonds is 5. The highest BCUT2D eigenvalue weighted by molar-refractivity contribution is 5.93. The van der Waals surface area contributed by atoms with Gasteiger partial charge in [0.15, 0.2) is 0 Å². The number of para-hydroxylation sites is 1. The average Bonchev–Trinajstić information content (AvgIpc) is 2.67. The zero-order chi connectivity index (χ0) is 18.7. The normalized spacial score (nSPS) is 10.7. The van der Waals surface area contributed by atoms with E-state index in [-0.39, 0.29) is 12.3 Å². The van der Waals surface area contributed by atoms with Crippen LogP contribution >= 0.6 is 0 Å². The summed E-state index contributed by atoms with van der Waals surface area (Å²) >= 11 is 0. The van der Waals surface area contributed by atoms with Gasteiger partial charge >= 0.3 is 5.63 Å². The first-order valence-electron chi connectivity index (χ1n) is 8.43. The molecular formula is C21H21NO4. The number of amides is 1. The van der Waals surface area contributed by atoms with Crippen molar-refractivity contribution in [1.29, 1.82) is 0 Å². The molecule has 0 aliphatic heterocycles. The van der Waals surface area contributed by atoms with E-state index in [1.165, 1.54) is 0 Å². The second-order valence-electron chi connectivity index (χ2n) is 6.14. The fourth-order valence-electron chi connectivity index (χ4n) is 2.99. The number of carbonyl (C=O) groups is 1. The third kappa shape index (κ3) is 3.47. The van der Waals surface area contributed by atoms with Gasteiger partial charge in [-0.25, -0.2) is 4.79 Å². The van der Waals surface area contributed by atoms with Gasteiger partial charge in [-0.05, 0) is 43.2 Å². The quantitative estimate of drug-likeness (QED) is 0.658. The lowest BCUT2D eigenvalue weighted by molar-refractivity contribution is -0.118. The summed E-state index contributed by atoms with van der Waals surface area (Å²) in [4.78, 5) is 26.4. The number of fused-ring (bicyclic) bond motifs is 1. The number of carbonyl (C=O) groups excluding carboxylic acids is 1. The van der Waals surface area contributed by atoms with E-state index in [0.717, 1.165) is 16.6 Å². The smallest absolute Gasteiger partial charge is 0.339 e. The number of nitrogens with zero attached hydrogens (tertiary/aromatic N) is 1. The van der Waals surface area contributed by atoms with Crippen LogP contribution in [0.25, 0.3) is 11.0 Å². The third-order valence-electron chi connectivity index (χ3n) is 4.60. The molecule has 1 amide bonds. The van der Waals surface area contributed by atoms with Gasteiger partial charge in [-0.1, -0.05) is 18.2 Å². The molecule has 0 saturated carbocycles. The molecule has 1 heterocycles. The van der Waals surface area contributed by atoms with Gasteiger partial charge in [0.25, 0.3) is 0 Å². The summed E-state index contributed by atoms with van der Waals surface area (Å²) in [7, 11) is 3.30. The second kappa shape index (κ2) is 7.44. The standard InChI is InChI=1S/C21H21NO4/c1-14-17-10-9-16(25-3)13-19(17)26-21(24)18(14)11-12-20(23)22(2)15-7-5-4-6-8-15/h4-10,13H,11-12H2,1-3H3. The summed E-state index contributed by atoms with van der Waals surface area (Å²) in [5.74, 6) is 0.581. The number of hydrogen-bond donors (Lipinski definition) is 0. The van der Waals surface area contributed by atoms with Crippen molar-refractivity contribution in [3.05, 3.63) is 70.1 Å². The van der Waals surface area contributed by atoms with Crippen molar-refractivity contribution in [2.45, 2.75) is 19.8 Å². The molecule has 1 aromatic heterocycles. The lowest BCUT2D eigenvalue weighted by atomic mass is 10.0. The van der Waals surface area contributed by atoms with Crippen molar-refractivity contribution in [3.8, 4) is 5.75 Å². The lowest BCUT2D eigenvalue weighted by Crippen LogP contribution is -2.27. The van der Waals surface area contributed by atoms with Crippen LogP contribution in [0.4, 0.5) is 5.69 Å². The lowest BCUT2D eigenvalue weighted by Gasteiger charge is -2.17. The Morgan fingerprint density at radius 1 is 1.15 bits per heavy atom. The van der Waals surface area contributed by atoms with Gasteiger partial charge in [-0.15, -0.1) is 0 Å².